The van der Waals surface area contributed by atoms with Crippen molar-refractivity contribution < 1.29 is 40.7 Å². The Hall–Kier alpha value is -3.89. The zero-order valence-electron chi connectivity index (χ0n) is 23.3. The lowest BCUT2D eigenvalue weighted by atomic mass is 9.85. The third-order valence-electron chi connectivity index (χ3n) is 8.27. The minimum absolute atomic E-state index is 0.00180. The van der Waals surface area contributed by atoms with E-state index < -0.39 is 70.5 Å². The number of carbonyl (C=O) groups excluding carboxylic acids is 3. The second kappa shape index (κ2) is 10.1. The first kappa shape index (κ1) is 31.1. The van der Waals surface area contributed by atoms with Crippen LogP contribution in [0.1, 0.15) is 51.8 Å². The summed E-state index contributed by atoms with van der Waals surface area (Å²) in [5.41, 5.74) is -2.54. The van der Waals surface area contributed by atoms with E-state index in [9.17, 15) is 46.0 Å². The van der Waals surface area contributed by atoms with E-state index in [0.29, 0.717) is 0 Å². The van der Waals surface area contributed by atoms with Crippen LogP contribution in [0.4, 0.5) is 26.3 Å². The van der Waals surface area contributed by atoms with Gasteiger partial charge in [-0.25, -0.2) is 0 Å². The maximum atomic E-state index is 13.7. The zero-order chi connectivity index (χ0) is 31.6. The van der Waals surface area contributed by atoms with E-state index in [0.717, 1.165) is 17.2 Å². The number of aromatic nitrogens is 1. The molecule has 2 N–H and O–H groups in total. The molecule has 0 radical (unpaired) electrons. The van der Waals surface area contributed by atoms with E-state index in [2.05, 4.69) is 10.3 Å². The van der Waals surface area contributed by atoms with Crippen LogP contribution in [0.25, 0.3) is 10.8 Å². The number of likely N-dealkylation sites (tertiary alicyclic amines) is 1. The van der Waals surface area contributed by atoms with Crippen molar-refractivity contribution in [3.05, 3.63) is 41.7 Å². The van der Waals surface area contributed by atoms with Crippen molar-refractivity contribution in [3.63, 3.8) is 0 Å². The number of alkyl halides is 6. The monoisotopic (exact) mass is 597 g/mol. The van der Waals surface area contributed by atoms with Gasteiger partial charge in [0.25, 0.3) is 0 Å². The van der Waals surface area contributed by atoms with Crippen molar-refractivity contribution >= 4 is 28.5 Å². The van der Waals surface area contributed by atoms with Crippen LogP contribution in [0.2, 0.25) is 0 Å². The quantitative estimate of drug-likeness (QED) is 0.493. The fourth-order valence-electron chi connectivity index (χ4n) is 5.94. The third kappa shape index (κ3) is 5.48. The molecule has 8 nitrogen and oxygen atoms in total. The molecule has 14 heteroatoms. The predicted molar refractivity (Wildman–Crippen MR) is 137 cm³/mol. The molecule has 4 rings (SSSR count). The van der Waals surface area contributed by atoms with Crippen LogP contribution in [0.5, 0.6) is 0 Å². The highest BCUT2D eigenvalue weighted by molar-refractivity contribution is 5.95. The molecule has 226 valence electrons. The number of fused-ring (bicyclic) bond motifs is 2. The van der Waals surface area contributed by atoms with Crippen LogP contribution in [0, 0.1) is 34.0 Å². The van der Waals surface area contributed by atoms with Gasteiger partial charge in [0.2, 0.25) is 11.8 Å². The molecule has 0 bridgehead atoms. The third-order valence-corrected chi connectivity index (χ3v) is 8.27. The van der Waals surface area contributed by atoms with E-state index in [1.807, 2.05) is 19.9 Å². The second-order valence-corrected chi connectivity index (χ2v) is 12.4. The number of nitriles is 1. The van der Waals surface area contributed by atoms with Crippen molar-refractivity contribution in [2.75, 3.05) is 6.54 Å². The zero-order valence-corrected chi connectivity index (χ0v) is 23.3. The molecule has 2 fully saturated rings. The van der Waals surface area contributed by atoms with Crippen molar-refractivity contribution in [1.82, 2.24) is 20.5 Å². The molecule has 1 aliphatic heterocycles. The number of pyridine rings is 1. The molecule has 2 aliphatic rings. The fourth-order valence-corrected chi connectivity index (χ4v) is 5.94. The highest BCUT2D eigenvalue weighted by Gasteiger charge is 2.70. The number of carbonyl (C=O) groups is 3. The number of amides is 3. The van der Waals surface area contributed by atoms with Crippen LogP contribution < -0.4 is 10.6 Å². The van der Waals surface area contributed by atoms with Gasteiger partial charge < -0.3 is 15.5 Å². The van der Waals surface area contributed by atoms with Crippen molar-refractivity contribution in [2.24, 2.45) is 22.7 Å². The van der Waals surface area contributed by atoms with E-state index in [4.69, 9.17) is 0 Å². The minimum atomic E-state index is -5.24. The number of nitrogens with one attached hydrogen (secondary N) is 2. The van der Waals surface area contributed by atoms with Gasteiger partial charge in [-0.3, -0.25) is 19.4 Å². The topological polar surface area (TPSA) is 115 Å². The lowest BCUT2D eigenvalue weighted by Gasteiger charge is -2.37. The van der Waals surface area contributed by atoms with Crippen molar-refractivity contribution in [3.8, 4) is 6.07 Å². The lowest BCUT2D eigenvalue weighted by Crippen LogP contribution is -2.60. The Morgan fingerprint density at radius 1 is 1.05 bits per heavy atom. The smallest absolute Gasteiger partial charge is 0.336 e. The Morgan fingerprint density at radius 3 is 2.24 bits per heavy atom. The first-order chi connectivity index (χ1) is 19.2. The molecule has 42 heavy (non-hydrogen) atoms. The number of hydrogen-bond donors (Lipinski definition) is 2. The van der Waals surface area contributed by atoms with E-state index >= 15 is 0 Å². The van der Waals surface area contributed by atoms with Crippen LogP contribution in [0.3, 0.4) is 0 Å². The van der Waals surface area contributed by atoms with Crippen molar-refractivity contribution in [2.45, 2.75) is 65.1 Å². The lowest BCUT2D eigenvalue weighted by molar-refractivity contribution is -0.176. The van der Waals surface area contributed by atoms with Crippen LogP contribution >= 0.6 is 0 Å². The molecule has 1 saturated heterocycles. The maximum Gasteiger partial charge on any atom is 0.471 e. The van der Waals surface area contributed by atoms with Crippen molar-refractivity contribution in [1.29, 1.82) is 5.26 Å². The average Bonchev–Trinajstić information content (AvgIpc) is 3.20. The SMILES string of the molecule is CC(C)(C)[C@H](NC(=O)C(F)(F)F)C(=O)N1C[C@H]2[C@@H]([C@H]1C(=O)NC(C#N)c1cncc3c(C(F)(F)F)cccc13)C2(C)C. The molecule has 0 spiro atoms. The fraction of sp³-hybridized carbons (Fsp3) is 0.536. The maximum absolute atomic E-state index is 13.7. The summed E-state index contributed by atoms with van der Waals surface area (Å²) in [4.78, 5) is 44.1. The molecular formula is C28H29F6N5O3. The summed E-state index contributed by atoms with van der Waals surface area (Å²) in [5.74, 6) is -4.56. The number of rotatable bonds is 5. The summed E-state index contributed by atoms with van der Waals surface area (Å²) in [7, 11) is 0. The Kier molecular flexibility index (Phi) is 7.49. The molecule has 5 atom stereocenters. The summed E-state index contributed by atoms with van der Waals surface area (Å²) in [6.45, 7) is 8.17. The first-order valence-corrected chi connectivity index (χ1v) is 13.0. The van der Waals surface area contributed by atoms with Gasteiger partial charge in [0, 0.05) is 29.9 Å². The summed E-state index contributed by atoms with van der Waals surface area (Å²) in [6, 6.07) is 0.980. The number of hydrogen-bond acceptors (Lipinski definition) is 5. The molecule has 3 amide bonds. The Balaban J connectivity index is 1.67. The molecule has 1 aromatic carbocycles. The number of piperidine rings is 1. The highest BCUT2D eigenvalue weighted by Crippen LogP contribution is 2.65. The molecule has 1 saturated carbocycles. The van der Waals surface area contributed by atoms with Crippen LogP contribution in [-0.2, 0) is 20.6 Å². The second-order valence-electron chi connectivity index (χ2n) is 12.4. The van der Waals surface area contributed by atoms with Gasteiger partial charge in [-0.2, -0.15) is 31.6 Å². The first-order valence-electron chi connectivity index (χ1n) is 13.0. The van der Waals surface area contributed by atoms with Crippen LogP contribution in [0.15, 0.2) is 30.6 Å². The van der Waals surface area contributed by atoms with Gasteiger partial charge >= 0.3 is 18.3 Å². The predicted octanol–water partition coefficient (Wildman–Crippen LogP) is 4.51. The Labute approximate surface area is 237 Å². The summed E-state index contributed by atoms with van der Waals surface area (Å²) >= 11 is 0. The number of halogens is 6. The Morgan fingerprint density at radius 2 is 1.69 bits per heavy atom. The normalized spacial score (nSPS) is 23.0. The Bertz CT molecular complexity index is 1470. The number of benzene rings is 1. The number of nitrogens with zero attached hydrogens (tertiary/aromatic N) is 3. The molecule has 2 heterocycles. The van der Waals surface area contributed by atoms with Gasteiger partial charge in [0.05, 0.1) is 11.6 Å². The van der Waals surface area contributed by atoms with Gasteiger partial charge in [-0.05, 0) is 34.1 Å². The van der Waals surface area contributed by atoms with Crippen LogP contribution in [-0.4, -0.2) is 52.4 Å². The summed E-state index contributed by atoms with van der Waals surface area (Å²) in [5, 5.41) is 14.0. The van der Waals surface area contributed by atoms with Gasteiger partial charge in [-0.15, -0.1) is 0 Å². The van der Waals surface area contributed by atoms with E-state index in [1.54, 1.807) is 5.32 Å². The van der Waals surface area contributed by atoms with E-state index in [-0.39, 0.29) is 28.8 Å². The standard InChI is InChI=1S/C28H29F6N5O3/c1-25(2,3)21(38-24(42)28(32,33)34)23(41)39-12-17-19(26(17,4)5)20(39)22(40)37-18(9-35)15-11-36-10-14-13(15)7-6-8-16(14)27(29,30)31/h6-8,10-11,17-21H,12H2,1-5H3,(H,37,40)(H,38,42)/t17-,18?,19-,20-,21+/m0/s1. The minimum Gasteiger partial charge on any atom is -0.336 e. The summed E-state index contributed by atoms with van der Waals surface area (Å²) in [6.07, 6.45) is -7.77. The largest absolute Gasteiger partial charge is 0.471 e. The molecule has 1 aromatic heterocycles. The van der Waals surface area contributed by atoms with Gasteiger partial charge in [0.15, 0.2) is 0 Å². The highest BCUT2D eigenvalue weighted by atomic mass is 19.4. The van der Waals surface area contributed by atoms with Gasteiger partial charge in [0.1, 0.15) is 18.1 Å². The molecule has 1 aliphatic carbocycles. The average molecular weight is 598 g/mol. The van der Waals surface area contributed by atoms with Gasteiger partial charge in [-0.1, -0.05) is 46.8 Å². The molecule has 1 unspecified atom stereocenters. The van der Waals surface area contributed by atoms with E-state index in [1.165, 1.54) is 39.1 Å². The molecule has 2 aromatic rings. The summed E-state index contributed by atoms with van der Waals surface area (Å²) < 4.78 is 80.0. The molecular weight excluding hydrogens is 568 g/mol.